The summed E-state index contributed by atoms with van der Waals surface area (Å²) in [6.07, 6.45) is 0. The van der Waals surface area contributed by atoms with Crippen LogP contribution in [-0.4, -0.2) is 0 Å². The summed E-state index contributed by atoms with van der Waals surface area (Å²) < 4.78 is 0. The van der Waals surface area contributed by atoms with Gasteiger partial charge in [-0.05, 0) is 44.5 Å². The summed E-state index contributed by atoms with van der Waals surface area (Å²) >= 11 is 7.47. The predicted octanol–water partition coefficient (Wildman–Crippen LogP) is 8.16. The highest BCUT2D eigenvalue weighted by atomic mass is 35.7. The Morgan fingerprint density at radius 3 is 0.964 bits per heavy atom. The van der Waals surface area contributed by atoms with Crippen molar-refractivity contribution in [2.24, 2.45) is 0 Å². The molecule has 0 atom stereocenters. The standard InChI is InChI=1S/C26H18ClP/c27-28(25-21-13-5-1-9-17(21)18-10-2-6-14-22(18)25)26-23-15-7-3-11-19(23)20-12-4-8-16-24(20)26/h1-16,25-26H. The maximum Gasteiger partial charge on any atom is 0.0451 e. The minimum Gasteiger partial charge on any atom is -0.0944 e. The molecule has 0 nitrogen and oxygen atoms in total. The molecular weight excluding hydrogens is 379 g/mol. The zero-order valence-electron chi connectivity index (χ0n) is 15.2. The Labute approximate surface area is 171 Å². The second-order valence-electron chi connectivity index (χ2n) is 7.50. The number of halogens is 1. The first-order valence-corrected chi connectivity index (χ1v) is 12.0. The van der Waals surface area contributed by atoms with Crippen LogP contribution < -0.4 is 0 Å². The van der Waals surface area contributed by atoms with Crippen molar-refractivity contribution in [2.45, 2.75) is 11.3 Å². The summed E-state index contributed by atoms with van der Waals surface area (Å²) in [4.78, 5) is 0. The molecule has 134 valence electrons. The SMILES string of the molecule is ClP(C1c2ccccc2-c2ccccc21)C1c2ccccc2-c2ccccc21. The van der Waals surface area contributed by atoms with E-state index in [1.54, 1.807) is 0 Å². The lowest BCUT2D eigenvalue weighted by Gasteiger charge is -2.27. The van der Waals surface area contributed by atoms with E-state index in [2.05, 4.69) is 97.1 Å². The molecule has 0 N–H and O–H groups in total. The maximum atomic E-state index is 7.47. The summed E-state index contributed by atoms with van der Waals surface area (Å²) in [6, 6.07) is 35.2. The lowest BCUT2D eigenvalue weighted by Crippen LogP contribution is -2.00. The molecule has 0 fully saturated rings. The van der Waals surface area contributed by atoms with Crippen molar-refractivity contribution in [3.05, 3.63) is 119 Å². The largest absolute Gasteiger partial charge is 0.0944 e. The maximum absolute atomic E-state index is 7.47. The molecule has 0 spiro atoms. The fourth-order valence-corrected chi connectivity index (χ4v) is 8.46. The average molecular weight is 397 g/mol. The van der Waals surface area contributed by atoms with Crippen LogP contribution in [-0.2, 0) is 0 Å². The van der Waals surface area contributed by atoms with Crippen LogP contribution in [0.5, 0.6) is 0 Å². The van der Waals surface area contributed by atoms with Gasteiger partial charge in [0.1, 0.15) is 0 Å². The van der Waals surface area contributed by atoms with E-state index in [0.29, 0.717) is 0 Å². The molecular formula is C26H18ClP. The third-order valence-corrected chi connectivity index (χ3v) is 9.37. The number of fused-ring (bicyclic) bond motifs is 6. The minimum absolute atomic E-state index is 0.258. The zero-order valence-corrected chi connectivity index (χ0v) is 16.9. The monoisotopic (exact) mass is 396 g/mol. The fraction of sp³-hybridized carbons (Fsp3) is 0.0769. The smallest absolute Gasteiger partial charge is 0.0451 e. The van der Waals surface area contributed by atoms with E-state index in [4.69, 9.17) is 11.2 Å². The number of rotatable bonds is 2. The quantitative estimate of drug-likeness (QED) is 0.300. The van der Waals surface area contributed by atoms with Crippen LogP contribution in [0.2, 0.25) is 0 Å². The molecule has 0 saturated carbocycles. The van der Waals surface area contributed by atoms with E-state index in [9.17, 15) is 0 Å². The molecule has 0 unspecified atom stereocenters. The highest BCUT2D eigenvalue weighted by Gasteiger charge is 2.41. The fourth-order valence-electron chi connectivity index (χ4n) is 4.94. The van der Waals surface area contributed by atoms with Gasteiger partial charge in [-0.15, -0.1) is 0 Å². The molecule has 0 radical (unpaired) electrons. The molecule has 4 aromatic rings. The van der Waals surface area contributed by atoms with Crippen LogP contribution in [0.3, 0.4) is 0 Å². The van der Waals surface area contributed by atoms with E-state index < -0.39 is 7.27 Å². The van der Waals surface area contributed by atoms with Crippen molar-refractivity contribution in [2.75, 3.05) is 0 Å². The van der Waals surface area contributed by atoms with Gasteiger partial charge in [-0.1, -0.05) is 108 Å². The van der Waals surface area contributed by atoms with Gasteiger partial charge in [0.05, 0.1) is 0 Å². The molecule has 2 heteroatoms. The minimum atomic E-state index is -0.857. The second kappa shape index (κ2) is 6.31. The first-order chi connectivity index (χ1) is 13.8. The third kappa shape index (κ3) is 2.23. The molecule has 6 rings (SSSR count). The first kappa shape index (κ1) is 16.5. The van der Waals surface area contributed by atoms with Gasteiger partial charge in [0.15, 0.2) is 0 Å². The van der Waals surface area contributed by atoms with E-state index in [0.717, 1.165) is 0 Å². The van der Waals surface area contributed by atoms with Crippen LogP contribution in [0.1, 0.15) is 33.6 Å². The third-order valence-electron chi connectivity index (χ3n) is 6.10. The van der Waals surface area contributed by atoms with Gasteiger partial charge in [-0.3, -0.25) is 0 Å². The van der Waals surface area contributed by atoms with Crippen LogP contribution in [0, 0.1) is 0 Å². The molecule has 0 aromatic heterocycles. The highest BCUT2D eigenvalue weighted by Crippen LogP contribution is 2.74. The summed E-state index contributed by atoms with van der Waals surface area (Å²) in [5.74, 6) is 0. The zero-order chi connectivity index (χ0) is 18.7. The molecule has 28 heavy (non-hydrogen) atoms. The Kier molecular flexibility index (Phi) is 3.73. The predicted molar refractivity (Wildman–Crippen MR) is 120 cm³/mol. The van der Waals surface area contributed by atoms with Crippen LogP contribution in [0.4, 0.5) is 0 Å². The molecule has 0 aliphatic heterocycles. The van der Waals surface area contributed by atoms with Crippen LogP contribution in [0.25, 0.3) is 22.3 Å². The van der Waals surface area contributed by atoms with E-state index >= 15 is 0 Å². The summed E-state index contributed by atoms with van der Waals surface area (Å²) in [5, 5.41) is 0. The average Bonchev–Trinajstić information content (AvgIpc) is 3.27. The van der Waals surface area contributed by atoms with Gasteiger partial charge in [0, 0.05) is 18.6 Å². The van der Waals surface area contributed by atoms with Crippen molar-refractivity contribution in [1.29, 1.82) is 0 Å². The van der Waals surface area contributed by atoms with Gasteiger partial charge < -0.3 is 0 Å². The Morgan fingerprint density at radius 2 is 0.679 bits per heavy atom. The Hall–Kier alpha value is -2.40. The van der Waals surface area contributed by atoms with Crippen LogP contribution >= 0.6 is 18.5 Å². The molecule has 2 aliphatic rings. The number of hydrogen-bond acceptors (Lipinski definition) is 0. The summed E-state index contributed by atoms with van der Waals surface area (Å²) in [6.45, 7) is 0. The van der Waals surface area contributed by atoms with Gasteiger partial charge in [0.25, 0.3) is 0 Å². The van der Waals surface area contributed by atoms with Crippen molar-refractivity contribution in [3.63, 3.8) is 0 Å². The lowest BCUT2D eigenvalue weighted by molar-refractivity contribution is 1.13. The van der Waals surface area contributed by atoms with Gasteiger partial charge >= 0.3 is 0 Å². The first-order valence-electron chi connectivity index (χ1n) is 9.65. The highest BCUT2D eigenvalue weighted by molar-refractivity contribution is 7.84. The molecule has 2 aliphatic carbocycles. The molecule has 0 heterocycles. The molecule has 0 saturated heterocycles. The van der Waals surface area contributed by atoms with Gasteiger partial charge in [-0.25, -0.2) is 0 Å². The molecule has 0 bridgehead atoms. The molecule has 4 aromatic carbocycles. The van der Waals surface area contributed by atoms with E-state index in [-0.39, 0.29) is 11.3 Å². The van der Waals surface area contributed by atoms with Gasteiger partial charge in [-0.2, -0.15) is 0 Å². The van der Waals surface area contributed by atoms with E-state index in [1.165, 1.54) is 44.5 Å². The molecule has 0 amide bonds. The Balaban J connectivity index is 1.56. The topological polar surface area (TPSA) is 0 Å². The Bertz CT molecular complexity index is 1030. The second-order valence-corrected chi connectivity index (χ2v) is 10.4. The van der Waals surface area contributed by atoms with E-state index in [1.807, 2.05) is 0 Å². The number of benzene rings is 4. The lowest BCUT2D eigenvalue weighted by atomic mass is 10.1. The number of hydrogen-bond donors (Lipinski definition) is 0. The Morgan fingerprint density at radius 1 is 0.429 bits per heavy atom. The van der Waals surface area contributed by atoms with Crippen molar-refractivity contribution >= 4 is 18.5 Å². The van der Waals surface area contributed by atoms with Crippen LogP contribution in [0.15, 0.2) is 97.1 Å². The van der Waals surface area contributed by atoms with Gasteiger partial charge in [0.2, 0.25) is 0 Å². The van der Waals surface area contributed by atoms with Crippen molar-refractivity contribution in [1.82, 2.24) is 0 Å². The van der Waals surface area contributed by atoms with Crippen molar-refractivity contribution in [3.8, 4) is 22.3 Å². The summed E-state index contributed by atoms with van der Waals surface area (Å²) in [7, 11) is -0.857. The normalized spacial score (nSPS) is 14.6. The summed E-state index contributed by atoms with van der Waals surface area (Å²) in [5.41, 5.74) is 11.4. The van der Waals surface area contributed by atoms with Crippen molar-refractivity contribution < 1.29 is 0 Å².